The largest absolute Gasteiger partial charge is 0.508 e. The third-order valence-corrected chi connectivity index (χ3v) is 2.75. The fourth-order valence-electron chi connectivity index (χ4n) is 1.92. The number of nitrogens with zero attached hydrogens (tertiary/aromatic N) is 2. The number of hydrogen-bond donors (Lipinski definition) is 3. The summed E-state index contributed by atoms with van der Waals surface area (Å²) >= 11 is 0. The second kappa shape index (κ2) is 8.87. The number of hydrogen-bond acceptors (Lipinski definition) is 5. The Hall–Kier alpha value is -1.14. The van der Waals surface area contributed by atoms with Crippen molar-refractivity contribution in [2.75, 3.05) is 46.9 Å². The van der Waals surface area contributed by atoms with Crippen molar-refractivity contribution in [3.05, 3.63) is 29.8 Å². The van der Waals surface area contributed by atoms with Crippen LogP contribution in [-0.2, 0) is 6.54 Å². The Bertz CT molecular complexity index is 340. The van der Waals surface area contributed by atoms with Crippen LogP contribution < -0.4 is 11.1 Å². The zero-order chi connectivity index (χ0) is 14.1. The molecule has 1 aromatic rings. The van der Waals surface area contributed by atoms with E-state index >= 15 is 0 Å². The first-order chi connectivity index (χ1) is 9.11. The highest BCUT2D eigenvalue weighted by Crippen LogP contribution is 2.11. The van der Waals surface area contributed by atoms with E-state index in [1.165, 1.54) is 5.56 Å². The summed E-state index contributed by atoms with van der Waals surface area (Å²) in [6.07, 6.45) is 0. The van der Waals surface area contributed by atoms with E-state index in [-0.39, 0.29) is 0 Å². The maximum Gasteiger partial charge on any atom is 0.115 e. The Kier molecular flexibility index (Phi) is 7.43. The molecule has 0 heterocycles. The number of nitrogens with two attached hydrogens (primary N) is 1. The summed E-state index contributed by atoms with van der Waals surface area (Å²) in [5.74, 6) is 0.313. The molecule has 0 aliphatic carbocycles. The van der Waals surface area contributed by atoms with Crippen molar-refractivity contribution in [3.63, 3.8) is 0 Å². The van der Waals surface area contributed by atoms with Crippen LogP contribution in [0.3, 0.4) is 0 Å². The van der Waals surface area contributed by atoms with Crippen LogP contribution in [-0.4, -0.2) is 61.8 Å². The standard InChI is InChI=1S/C14H26N4O/c1-17(2)12-18(10-9-16-8-7-15)11-13-3-5-14(19)6-4-13/h3-6,16,19H,7-12,15H2,1-2H3. The average Bonchev–Trinajstić information content (AvgIpc) is 2.36. The first-order valence-corrected chi connectivity index (χ1v) is 6.67. The molecule has 0 fully saturated rings. The zero-order valence-electron chi connectivity index (χ0n) is 12.0. The number of aromatic hydroxyl groups is 1. The lowest BCUT2D eigenvalue weighted by molar-refractivity contribution is 0.169. The van der Waals surface area contributed by atoms with Gasteiger partial charge in [-0.15, -0.1) is 0 Å². The highest BCUT2D eigenvalue weighted by Gasteiger charge is 2.07. The topological polar surface area (TPSA) is 64.8 Å². The van der Waals surface area contributed by atoms with Gasteiger partial charge in [0.2, 0.25) is 0 Å². The van der Waals surface area contributed by atoms with Gasteiger partial charge in [-0.2, -0.15) is 0 Å². The van der Waals surface area contributed by atoms with Gasteiger partial charge in [0.25, 0.3) is 0 Å². The predicted octanol–water partition coefficient (Wildman–Crippen LogP) is 0.262. The second-order valence-electron chi connectivity index (χ2n) is 4.98. The van der Waals surface area contributed by atoms with E-state index in [2.05, 4.69) is 29.2 Å². The summed E-state index contributed by atoms with van der Waals surface area (Å²) in [4.78, 5) is 4.51. The molecule has 4 N–H and O–H groups in total. The van der Waals surface area contributed by atoms with Crippen molar-refractivity contribution >= 4 is 0 Å². The smallest absolute Gasteiger partial charge is 0.115 e. The molecule has 0 aromatic heterocycles. The van der Waals surface area contributed by atoms with Crippen LogP contribution in [0, 0.1) is 0 Å². The first-order valence-electron chi connectivity index (χ1n) is 6.67. The molecule has 1 rings (SSSR count). The van der Waals surface area contributed by atoms with Gasteiger partial charge in [0.05, 0.1) is 6.67 Å². The molecule has 0 amide bonds. The first kappa shape index (κ1) is 15.9. The molecule has 0 aliphatic heterocycles. The fourth-order valence-corrected chi connectivity index (χ4v) is 1.92. The molecular weight excluding hydrogens is 240 g/mol. The van der Waals surface area contributed by atoms with E-state index in [9.17, 15) is 5.11 Å². The molecule has 0 radical (unpaired) electrons. The summed E-state index contributed by atoms with van der Waals surface area (Å²) in [6.45, 7) is 5.22. The molecule has 0 unspecified atom stereocenters. The van der Waals surface area contributed by atoms with Crippen LogP contribution in [0.25, 0.3) is 0 Å². The molecule has 0 atom stereocenters. The monoisotopic (exact) mass is 266 g/mol. The van der Waals surface area contributed by atoms with E-state index in [1.807, 2.05) is 12.1 Å². The fraction of sp³-hybridized carbons (Fsp3) is 0.571. The van der Waals surface area contributed by atoms with Gasteiger partial charge >= 0.3 is 0 Å². The highest BCUT2D eigenvalue weighted by molar-refractivity contribution is 5.25. The van der Waals surface area contributed by atoms with Crippen molar-refractivity contribution in [1.29, 1.82) is 0 Å². The summed E-state index contributed by atoms with van der Waals surface area (Å²) in [5.41, 5.74) is 6.66. The quantitative estimate of drug-likeness (QED) is 0.442. The minimum absolute atomic E-state index is 0.313. The van der Waals surface area contributed by atoms with Gasteiger partial charge in [0.15, 0.2) is 0 Å². The van der Waals surface area contributed by atoms with Gasteiger partial charge in [-0.25, -0.2) is 0 Å². The summed E-state index contributed by atoms with van der Waals surface area (Å²) < 4.78 is 0. The molecule has 5 nitrogen and oxygen atoms in total. The Balaban J connectivity index is 2.46. The molecular formula is C14H26N4O. The van der Waals surface area contributed by atoms with Crippen molar-refractivity contribution in [3.8, 4) is 5.75 Å². The number of nitrogens with one attached hydrogen (secondary N) is 1. The maximum absolute atomic E-state index is 9.29. The number of rotatable bonds is 9. The number of phenolic OH excluding ortho intramolecular Hbond substituents is 1. The van der Waals surface area contributed by atoms with E-state index < -0.39 is 0 Å². The second-order valence-corrected chi connectivity index (χ2v) is 4.98. The van der Waals surface area contributed by atoms with E-state index in [1.54, 1.807) is 12.1 Å². The predicted molar refractivity (Wildman–Crippen MR) is 79.0 cm³/mol. The Morgan fingerprint density at radius 1 is 1.16 bits per heavy atom. The molecule has 108 valence electrons. The maximum atomic E-state index is 9.29. The van der Waals surface area contributed by atoms with Crippen LogP contribution >= 0.6 is 0 Å². The molecule has 19 heavy (non-hydrogen) atoms. The van der Waals surface area contributed by atoms with E-state index in [0.717, 1.165) is 32.8 Å². The molecule has 0 saturated heterocycles. The molecule has 5 heteroatoms. The summed E-state index contributed by atoms with van der Waals surface area (Å²) in [7, 11) is 4.13. The van der Waals surface area contributed by atoms with E-state index in [4.69, 9.17) is 5.73 Å². The molecule has 0 spiro atoms. The van der Waals surface area contributed by atoms with Gasteiger partial charge in [0.1, 0.15) is 5.75 Å². The molecule has 0 saturated carbocycles. The van der Waals surface area contributed by atoms with Gasteiger partial charge in [0, 0.05) is 32.7 Å². The SMILES string of the molecule is CN(C)CN(CCNCCN)Cc1ccc(O)cc1. The Labute approximate surface area is 116 Å². The lowest BCUT2D eigenvalue weighted by Gasteiger charge is -2.26. The minimum atomic E-state index is 0.313. The third kappa shape index (κ3) is 7.12. The van der Waals surface area contributed by atoms with Crippen LogP contribution in [0.5, 0.6) is 5.75 Å². The van der Waals surface area contributed by atoms with Crippen molar-refractivity contribution in [2.24, 2.45) is 5.73 Å². The van der Waals surface area contributed by atoms with E-state index in [0.29, 0.717) is 12.3 Å². The van der Waals surface area contributed by atoms with Gasteiger partial charge in [-0.05, 0) is 31.8 Å². The Morgan fingerprint density at radius 2 is 1.84 bits per heavy atom. The zero-order valence-corrected chi connectivity index (χ0v) is 12.0. The summed E-state index contributed by atoms with van der Waals surface area (Å²) in [5, 5.41) is 12.6. The highest BCUT2D eigenvalue weighted by atomic mass is 16.3. The normalized spacial score (nSPS) is 11.4. The molecule has 1 aromatic carbocycles. The number of phenols is 1. The van der Waals surface area contributed by atoms with Crippen molar-refractivity contribution < 1.29 is 5.11 Å². The van der Waals surface area contributed by atoms with Gasteiger partial charge in [-0.1, -0.05) is 12.1 Å². The van der Waals surface area contributed by atoms with Crippen LogP contribution in [0.4, 0.5) is 0 Å². The number of benzene rings is 1. The molecule has 0 bridgehead atoms. The van der Waals surface area contributed by atoms with Gasteiger partial charge in [-0.3, -0.25) is 9.80 Å². The minimum Gasteiger partial charge on any atom is -0.508 e. The lowest BCUT2D eigenvalue weighted by atomic mass is 10.2. The van der Waals surface area contributed by atoms with Crippen LogP contribution in [0.15, 0.2) is 24.3 Å². The van der Waals surface area contributed by atoms with Crippen molar-refractivity contribution in [2.45, 2.75) is 6.54 Å². The third-order valence-electron chi connectivity index (χ3n) is 2.75. The van der Waals surface area contributed by atoms with Crippen molar-refractivity contribution in [1.82, 2.24) is 15.1 Å². The average molecular weight is 266 g/mol. The lowest BCUT2D eigenvalue weighted by Crippen LogP contribution is -2.38. The summed E-state index contributed by atoms with van der Waals surface area (Å²) in [6, 6.07) is 7.39. The van der Waals surface area contributed by atoms with Gasteiger partial charge < -0.3 is 16.2 Å². The van der Waals surface area contributed by atoms with Crippen LogP contribution in [0.2, 0.25) is 0 Å². The Morgan fingerprint density at radius 3 is 2.42 bits per heavy atom. The molecule has 0 aliphatic rings. The van der Waals surface area contributed by atoms with Crippen LogP contribution in [0.1, 0.15) is 5.56 Å².